The lowest BCUT2D eigenvalue weighted by atomic mass is 10.1. The molecule has 4 rings (SSSR count). The minimum absolute atomic E-state index is 0.186. The lowest BCUT2D eigenvalue weighted by molar-refractivity contribution is 0.237. The highest BCUT2D eigenvalue weighted by molar-refractivity contribution is 6.30. The molecule has 0 radical (unpaired) electrons. The van der Waals surface area contributed by atoms with Gasteiger partial charge in [-0.25, -0.2) is 4.98 Å². The normalized spacial score (nSPS) is 12.2. The van der Waals surface area contributed by atoms with Crippen LogP contribution in [0.1, 0.15) is 13.0 Å². The van der Waals surface area contributed by atoms with E-state index in [1.54, 1.807) is 55.8 Å². The van der Waals surface area contributed by atoms with Gasteiger partial charge in [0.1, 0.15) is 11.3 Å². The Balaban J connectivity index is 2.09. The van der Waals surface area contributed by atoms with E-state index >= 15 is 0 Å². The maximum Gasteiger partial charge on any atom is 0.262 e. The summed E-state index contributed by atoms with van der Waals surface area (Å²) in [6.45, 7) is 1.59. The van der Waals surface area contributed by atoms with E-state index in [0.717, 1.165) is 11.1 Å². The third-order valence-corrected chi connectivity index (χ3v) is 4.81. The van der Waals surface area contributed by atoms with Gasteiger partial charge in [0.15, 0.2) is 0 Å². The van der Waals surface area contributed by atoms with Crippen molar-refractivity contribution in [3.8, 4) is 22.6 Å². The fraction of sp³-hybridized carbons (Fsp3) is 0.143. The number of hydrogen-bond donors (Lipinski definition) is 1. The molecule has 3 aromatic heterocycles. The second-order valence-electron chi connectivity index (χ2n) is 6.45. The van der Waals surface area contributed by atoms with Crippen LogP contribution in [0.15, 0.2) is 65.8 Å². The molecule has 6 nitrogen and oxygen atoms in total. The first-order chi connectivity index (χ1) is 13.6. The molecule has 4 aromatic rings. The van der Waals surface area contributed by atoms with E-state index < -0.39 is 6.04 Å². The van der Waals surface area contributed by atoms with Crippen molar-refractivity contribution in [1.82, 2.24) is 19.5 Å². The van der Waals surface area contributed by atoms with Crippen molar-refractivity contribution in [2.75, 3.05) is 6.61 Å². The van der Waals surface area contributed by atoms with E-state index in [-0.39, 0.29) is 12.2 Å². The van der Waals surface area contributed by atoms with Crippen molar-refractivity contribution in [1.29, 1.82) is 0 Å². The van der Waals surface area contributed by atoms with Crippen molar-refractivity contribution < 1.29 is 5.11 Å². The molecule has 0 saturated heterocycles. The molecule has 0 spiro atoms. The van der Waals surface area contributed by atoms with Crippen molar-refractivity contribution in [3.63, 3.8) is 0 Å². The molecule has 1 N–H and O–H groups in total. The third-order valence-electron chi connectivity index (χ3n) is 4.56. The second kappa shape index (κ2) is 7.50. The van der Waals surface area contributed by atoms with Gasteiger partial charge in [0.05, 0.1) is 23.7 Å². The van der Waals surface area contributed by atoms with Gasteiger partial charge in [-0.1, -0.05) is 11.6 Å². The summed E-state index contributed by atoms with van der Waals surface area (Å²) >= 11 is 6.01. The van der Waals surface area contributed by atoms with Crippen molar-refractivity contribution in [2.45, 2.75) is 13.0 Å². The summed E-state index contributed by atoms with van der Waals surface area (Å²) < 4.78 is 1.51. The Morgan fingerprint density at radius 1 is 1.11 bits per heavy atom. The summed E-state index contributed by atoms with van der Waals surface area (Å²) in [4.78, 5) is 26.7. The van der Waals surface area contributed by atoms with Gasteiger partial charge in [-0.2, -0.15) is 0 Å². The van der Waals surface area contributed by atoms with Gasteiger partial charge in [-0.3, -0.25) is 19.3 Å². The predicted molar refractivity (Wildman–Crippen MR) is 109 cm³/mol. The molecule has 7 heteroatoms. The first kappa shape index (κ1) is 18.3. The number of aliphatic hydroxyl groups excluding tert-OH is 1. The summed E-state index contributed by atoms with van der Waals surface area (Å²) in [5.74, 6) is 0.453. The van der Waals surface area contributed by atoms with Crippen molar-refractivity contribution >= 4 is 22.5 Å². The Hall–Kier alpha value is -3.09. The zero-order chi connectivity index (χ0) is 19.7. The third kappa shape index (κ3) is 3.17. The van der Waals surface area contributed by atoms with Gasteiger partial charge in [-0.15, -0.1) is 0 Å². The fourth-order valence-corrected chi connectivity index (χ4v) is 3.26. The first-order valence-corrected chi connectivity index (χ1v) is 9.16. The van der Waals surface area contributed by atoms with E-state index in [1.165, 1.54) is 4.57 Å². The molecule has 0 aliphatic rings. The molecule has 28 heavy (non-hydrogen) atoms. The van der Waals surface area contributed by atoms with Crippen LogP contribution < -0.4 is 5.56 Å². The largest absolute Gasteiger partial charge is 0.394 e. The Labute approximate surface area is 166 Å². The predicted octanol–water partition coefficient (Wildman–Crippen LogP) is 3.73. The van der Waals surface area contributed by atoms with Gasteiger partial charge in [0, 0.05) is 34.7 Å². The summed E-state index contributed by atoms with van der Waals surface area (Å²) in [6, 6.07) is 12.0. The van der Waals surface area contributed by atoms with Crippen molar-refractivity contribution in [3.05, 3.63) is 76.4 Å². The molecule has 140 valence electrons. The Morgan fingerprint density at radius 2 is 1.89 bits per heavy atom. The Bertz CT molecular complexity index is 1190. The minimum Gasteiger partial charge on any atom is -0.394 e. The molecule has 3 heterocycles. The monoisotopic (exact) mass is 392 g/mol. The van der Waals surface area contributed by atoms with Gasteiger partial charge in [0.25, 0.3) is 5.56 Å². The number of halogens is 1. The summed E-state index contributed by atoms with van der Waals surface area (Å²) in [6.07, 6.45) is 4.95. The van der Waals surface area contributed by atoms with Crippen LogP contribution >= 0.6 is 11.6 Å². The fourth-order valence-electron chi connectivity index (χ4n) is 3.13. The molecular weight excluding hydrogens is 376 g/mol. The molecule has 0 aliphatic carbocycles. The SMILES string of the molecule is CC(CO)n1c(-c2ccc(Cl)cc2)nc2c(-c3cccnc3)nccc2c1=O. The van der Waals surface area contributed by atoms with E-state index in [4.69, 9.17) is 16.6 Å². The number of nitrogens with zero attached hydrogens (tertiary/aromatic N) is 4. The molecular formula is C21H17ClN4O2. The second-order valence-corrected chi connectivity index (χ2v) is 6.88. The van der Waals surface area contributed by atoms with Crippen LogP contribution in [-0.2, 0) is 0 Å². The Morgan fingerprint density at radius 3 is 2.57 bits per heavy atom. The number of pyridine rings is 2. The van der Waals surface area contributed by atoms with E-state index in [0.29, 0.717) is 27.4 Å². The van der Waals surface area contributed by atoms with Crippen LogP contribution in [-0.4, -0.2) is 31.2 Å². The lowest BCUT2D eigenvalue weighted by Crippen LogP contribution is -2.28. The number of hydrogen-bond acceptors (Lipinski definition) is 5. The van der Waals surface area contributed by atoms with Gasteiger partial charge < -0.3 is 5.11 Å². The van der Waals surface area contributed by atoms with Crippen molar-refractivity contribution in [2.24, 2.45) is 0 Å². The number of rotatable bonds is 4. The van der Waals surface area contributed by atoms with E-state index in [9.17, 15) is 9.90 Å². The van der Waals surface area contributed by atoms with E-state index in [1.807, 2.05) is 12.1 Å². The smallest absolute Gasteiger partial charge is 0.262 e. The van der Waals surface area contributed by atoms with Gasteiger partial charge >= 0.3 is 0 Å². The number of aromatic nitrogens is 4. The van der Waals surface area contributed by atoms with Gasteiger partial charge in [0.2, 0.25) is 0 Å². The number of aliphatic hydroxyl groups is 1. The van der Waals surface area contributed by atoms with Crippen LogP contribution in [0.3, 0.4) is 0 Å². The topological polar surface area (TPSA) is 80.9 Å². The molecule has 0 amide bonds. The highest BCUT2D eigenvalue weighted by Gasteiger charge is 2.19. The van der Waals surface area contributed by atoms with Crippen LogP contribution in [0.5, 0.6) is 0 Å². The zero-order valence-electron chi connectivity index (χ0n) is 15.1. The van der Waals surface area contributed by atoms with Crippen LogP contribution in [0.2, 0.25) is 5.02 Å². The molecule has 0 fully saturated rings. The molecule has 0 bridgehead atoms. The van der Waals surface area contributed by atoms with Gasteiger partial charge in [-0.05, 0) is 49.4 Å². The van der Waals surface area contributed by atoms with Crippen LogP contribution in [0.25, 0.3) is 33.5 Å². The first-order valence-electron chi connectivity index (χ1n) is 8.78. The number of fused-ring (bicyclic) bond motifs is 1. The summed E-state index contributed by atoms with van der Waals surface area (Å²) in [5, 5.41) is 10.7. The van der Waals surface area contributed by atoms with Crippen LogP contribution in [0, 0.1) is 0 Å². The highest BCUT2D eigenvalue weighted by Crippen LogP contribution is 2.27. The molecule has 0 aliphatic heterocycles. The molecule has 1 unspecified atom stereocenters. The summed E-state index contributed by atoms with van der Waals surface area (Å²) in [5.41, 5.74) is 2.34. The van der Waals surface area contributed by atoms with Crippen LogP contribution in [0.4, 0.5) is 0 Å². The standard InChI is InChI=1S/C21H17ClN4O2/c1-13(12-27)26-20(14-4-6-16(22)7-5-14)25-19-17(21(26)28)8-10-24-18(19)15-3-2-9-23-11-15/h2-11,13,27H,12H2,1H3. The molecule has 1 atom stereocenters. The zero-order valence-corrected chi connectivity index (χ0v) is 15.8. The quantitative estimate of drug-likeness (QED) is 0.572. The van der Waals surface area contributed by atoms with E-state index in [2.05, 4.69) is 9.97 Å². The maximum absolute atomic E-state index is 13.3. The Kier molecular flexibility index (Phi) is 4.90. The lowest BCUT2D eigenvalue weighted by Gasteiger charge is -2.19. The average Bonchev–Trinajstić information content (AvgIpc) is 2.74. The average molecular weight is 393 g/mol. The minimum atomic E-state index is -0.440. The number of benzene rings is 1. The molecule has 1 aromatic carbocycles. The highest BCUT2D eigenvalue weighted by atomic mass is 35.5. The maximum atomic E-state index is 13.3. The summed E-state index contributed by atoms with van der Waals surface area (Å²) in [7, 11) is 0. The molecule has 0 saturated carbocycles.